The number of pyridine rings is 1. The molecule has 0 spiro atoms. The van der Waals surface area contributed by atoms with Crippen LogP contribution in [0.1, 0.15) is 18.5 Å². The van der Waals surface area contributed by atoms with E-state index in [-0.39, 0.29) is 11.9 Å². The van der Waals surface area contributed by atoms with Crippen LogP contribution in [0.3, 0.4) is 0 Å². The van der Waals surface area contributed by atoms with Gasteiger partial charge in [-0.15, -0.1) is 0 Å². The summed E-state index contributed by atoms with van der Waals surface area (Å²) in [5.41, 5.74) is 6.33. The number of likely N-dealkylation sites (tertiary alicyclic amines) is 1. The van der Waals surface area contributed by atoms with Crippen molar-refractivity contribution in [3.8, 4) is 0 Å². The molecule has 1 saturated heterocycles. The van der Waals surface area contributed by atoms with E-state index in [0.717, 1.165) is 29.6 Å². The molecule has 4 nitrogen and oxygen atoms in total. The van der Waals surface area contributed by atoms with Gasteiger partial charge in [0, 0.05) is 17.2 Å². The van der Waals surface area contributed by atoms with Crippen LogP contribution in [-0.2, 0) is 11.3 Å². The molecular formula is C11H14BrN3O. The van der Waals surface area contributed by atoms with Crippen LogP contribution < -0.4 is 5.73 Å². The van der Waals surface area contributed by atoms with Crippen LogP contribution in [0.4, 0.5) is 0 Å². The van der Waals surface area contributed by atoms with Crippen LogP contribution in [0.25, 0.3) is 0 Å². The zero-order valence-corrected chi connectivity index (χ0v) is 10.5. The SMILES string of the molecule is NC(=O)C1CCCN1Cc1ccc(Br)cn1. The molecule has 86 valence electrons. The summed E-state index contributed by atoms with van der Waals surface area (Å²) in [6.45, 7) is 1.62. The van der Waals surface area contributed by atoms with Gasteiger partial charge in [-0.05, 0) is 47.4 Å². The number of amides is 1. The van der Waals surface area contributed by atoms with Crippen molar-refractivity contribution in [3.63, 3.8) is 0 Å². The molecule has 1 unspecified atom stereocenters. The van der Waals surface area contributed by atoms with E-state index in [9.17, 15) is 4.79 Å². The average molecular weight is 284 g/mol. The average Bonchev–Trinajstić information content (AvgIpc) is 2.69. The van der Waals surface area contributed by atoms with Crippen LogP contribution in [0.5, 0.6) is 0 Å². The van der Waals surface area contributed by atoms with Gasteiger partial charge in [-0.25, -0.2) is 0 Å². The number of rotatable bonds is 3. The van der Waals surface area contributed by atoms with Crippen molar-refractivity contribution < 1.29 is 4.79 Å². The van der Waals surface area contributed by atoms with Gasteiger partial charge in [0.1, 0.15) is 0 Å². The van der Waals surface area contributed by atoms with Crippen molar-refractivity contribution in [1.29, 1.82) is 0 Å². The molecule has 16 heavy (non-hydrogen) atoms. The molecule has 1 atom stereocenters. The maximum atomic E-state index is 11.2. The second-order valence-electron chi connectivity index (χ2n) is 4.00. The summed E-state index contributed by atoms with van der Waals surface area (Å²) < 4.78 is 0.962. The van der Waals surface area contributed by atoms with E-state index in [4.69, 9.17) is 5.73 Å². The fourth-order valence-electron chi connectivity index (χ4n) is 2.05. The zero-order valence-electron chi connectivity index (χ0n) is 8.90. The van der Waals surface area contributed by atoms with Crippen molar-refractivity contribution in [1.82, 2.24) is 9.88 Å². The van der Waals surface area contributed by atoms with Gasteiger partial charge in [-0.3, -0.25) is 14.7 Å². The molecule has 2 N–H and O–H groups in total. The largest absolute Gasteiger partial charge is 0.368 e. The molecule has 1 aliphatic heterocycles. The molecule has 0 bridgehead atoms. The number of halogens is 1. The summed E-state index contributed by atoms with van der Waals surface area (Å²) in [7, 11) is 0. The van der Waals surface area contributed by atoms with Crippen LogP contribution >= 0.6 is 15.9 Å². The first-order chi connectivity index (χ1) is 7.66. The molecule has 5 heteroatoms. The maximum absolute atomic E-state index is 11.2. The summed E-state index contributed by atoms with van der Waals surface area (Å²) in [6, 6.07) is 3.79. The summed E-state index contributed by atoms with van der Waals surface area (Å²) in [5, 5.41) is 0. The lowest BCUT2D eigenvalue weighted by Crippen LogP contribution is -2.39. The standard InChI is InChI=1S/C11H14BrN3O/c12-8-3-4-9(14-6-8)7-15-5-1-2-10(15)11(13)16/h3-4,6,10H,1-2,5,7H2,(H2,13,16). The number of carbonyl (C=O) groups excluding carboxylic acids is 1. The van der Waals surface area contributed by atoms with Gasteiger partial charge >= 0.3 is 0 Å². The molecule has 0 saturated carbocycles. The van der Waals surface area contributed by atoms with E-state index < -0.39 is 0 Å². The Balaban J connectivity index is 2.03. The lowest BCUT2D eigenvalue weighted by molar-refractivity contribution is -0.122. The first kappa shape index (κ1) is 11.5. The third kappa shape index (κ3) is 2.59. The van der Waals surface area contributed by atoms with E-state index >= 15 is 0 Å². The molecule has 1 amide bonds. The highest BCUT2D eigenvalue weighted by Crippen LogP contribution is 2.19. The van der Waals surface area contributed by atoms with Crippen molar-refractivity contribution >= 4 is 21.8 Å². The van der Waals surface area contributed by atoms with Crippen LogP contribution in [0.15, 0.2) is 22.8 Å². The lowest BCUT2D eigenvalue weighted by Gasteiger charge is -2.21. The van der Waals surface area contributed by atoms with E-state index in [1.165, 1.54) is 0 Å². The number of hydrogen-bond donors (Lipinski definition) is 1. The quantitative estimate of drug-likeness (QED) is 0.910. The highest BCUT2D eigenvalue weighted by atomic mass is 79.9. The van der Waals surface area contributed by atoms with E-state index in [0.29, 0.717) is 6.54 Å². The minimum atomic E-state index is -0.227. The predicted octanol–water partition coefficient (Wildman–Crippen LogP) is 1.29. The Morgan fingerprint density at radius 1 is 1.62 bits per heavy atom. The molecule has 1 fully saturated rings. The summed E-state index contributed by atoms with van der Waals surface area (Å²) in [4.78, 5) is 17.6. The normalized spacial score (nSPS) is 21.2. The molecule has 2 heterocycles. The Bertz CT molecular complexity index is 379. The number of primary amides is 1. The van der Waals surface area contributed by atoms with E-state index in [2.05, 4.69) is 25.8 Å². The molecular weight excluding hydrogens is 270 g/mol. The molecule has 1 aromatic rings. The number of carbonyl (C=O) groups is 1. The Hall–Kier alpha value is -0.940. The third-order valence-corrected chi connectivity index (χ3v) is 3.31. The van der Waals surface area contributed by atoms with Crippen LogP contribution in [-0.4, -0.2) is 28.4 Å². The number of nitrogens with two attached hydrogens (primary N) is 1. The van der Waals surface area contributed by atoms with E-state index in [1.807, 2.05) is 12.1 Å². The Morgan fingerprint density at radius 3 is 3.06 bits per heavy atom. The van der Waals surface area contributed by atoms with Crippen LogP contribution in [0, 0.1) is 0 Å². The second-order valence-corrected chi connectivity index (χ2v) is 4.91. The van der Waals surface area contributed by atoms with Gasteiger partial charge in [0.15, 0.2) is 0 Å². The number of aromatic nitrogens is 1. The number of hydrogen-bond acceptors (Lipinski definition) is 3. The molecule has 0 radical (unpaired) electrons. The maximum Gasteiger partial charge on any atom is 0.234 e. The monoisotopic (exact) mass is 283 g/mol. The van der Waals surface area contributed by atoms with Gasteiger partial charge in [0.05, 0.1) is 11.7 Å². The summed E-state index contributed by atoms with van der Waals surface area (Å²) in [6.07, 6.45) is 3.67. The fraction of sp³-hybridized carbons (Fsp3) is 0.455. The topological polar surface area (TPSA) is 59.2 Å². The van der Waals surface area contributed by atoms with Crippen molar-refractivity contribution in [3.05, 3.63) is 28.5 Å². The van der Waals surface area contributed by atoms with Gasteiger partial charge in [-0.1, -0.05) is 0 Å². The van der Waals surface area contributed by atoms with Gasteiger partial charge in [0.2, 0.25) is 5.91 Å². The van der Waals surface area contributed by atoms with Gasteiger partial charge in [0.25, 0.3) is 0 Å². The highest BCUT2D eigenvalue weighted by Gasteiger charge is 2.28. The molecule has 0 aliphatic carbocycles. The van der Waals surface area contributed by atoms with E-state index in [1.54, 1.807) is 6.20 Å². The lowest BCUT2D eigenvalue weighted by atomic mass is 10.2. The van der Waals surface area contributed by atoms with Crippen LogP contribution in [0.2, 0.25) is 0 Å². The minimum absolute atomic E-state index is 0.120. The smallest absolute Gasteiger partial charge is 0.234 e. The predicted molar refractivity (Wildman–Crippen MR) is 64.6 cm³/mol. The number of nitrogens with zero attached hydrogens (tertiary/aromatic N) is 2. The molecule has 1 aromatic heterocycles. The fourth-order valence-corrected chi connectivity index (χ4v) is 2.28. The first-order valence-corrected chi connectivity index (χ1v) is 6.10. The van der Waals surface area contributed by atoms with Crippen molar-refractivity contribution in [2.45, 2.75) is 25.4 Å². The van der Waals surface area contributed by atoms with Gasteiger partial charge in [-0.2, -0.15) is 0 Å². The minimum Gasteiger partial charge on any atom is -0.368 e. The Morgan fingerprint density at radius 2 is 2.44 bits per heavy atom. The molecule has 2 rings (SSSR count). The zero-order chi connectivity index (χ0) is 11.5. The second kappa shape index (κ2) is 4.93. The summed E-state index contributed by atoms with van der Waals surface area (Å²) in [5.74, 6) is -0.227. The third-order valence-electron chi connectivity index (χ3n) is 2.85. The van der Waals surface area contributed by atoms with Crippen molar-refractivity contribution in [2.24, 2.45) is 5.73 Å². The molecule has 1 aliphatic rings. The first-order valence-electron chi connectivity index (χ1n) is 5.30. The van der Waals surface area contributed by atoms with Gasteiger partial charge < -0.3 is 5.73 Å². The Labute approximate surface area is 103 Å². The molecule has 0 aromatic carbocycles. The highest BCUT2D eigenvalue weighted by molar-refractivity contribution is 9.10. The summed E-state index contributed by atoms with van der Waals surface area (Å²) >= 11 is 3.34. The van der Waals surface area contributed by atoms with Crippen molar-refractivity contribution in [2.75, 3.05) is 6.54 Å². The Kier molecular flexibility index (Phi) is 3.56.